The Labute approximate surface area is 96.5 Å². The van der Waals surface area contributed by atoms with Crippen LogP contribution in [-0.4, -0.2) is 23.0 Å². The molecule has 2 rings (SSSR count). The lowest BCUT2D eigenvalue weighted by Gasteiger charge is -2.26. The van der Waals surface area contributed by atoms with Gasteiger partial charge in [-0.15, -0.1) is 0 Å². The van der Waals surface area contributed by atoms with Crippen molar-refractivity contribution in [2.75, 3.05) is 5.32 Å². The van der Waals surface area contributed by atoms with E-state index in [0.717, 1.165) is 18.5 Å². The first-order valence-electron chi connectivity index (χ1n) is 5.83. The van der Waals surface area contributed by atoms with Crippen molar-refractivity contribution >= 4 is 11.7 Å². The Balaban J connectivity index is 2.03. The van der Waals surface area contributed by atoms with Crippen LogP contribution in [0.3, 0.4) is 0 Å². The van der Waals surface area contributed by atoms with Crippen LogP contribution in [0.5, 0.6) is 0 Å². The normalized spacial score (nSPS) is 24.5. The van der Waals surface area contributed by atoms with E-state index in [2.05, 4.69) is 19.2 Å². The maximum atomic E-state index is 12.1. The zero-order valence-corrected chi connectivity index (χ0v) is 9.81. The number of carbonyl (C=O) groups is 1. The first-order valence-corrected chi connectivity index (χ1v) is 5.83. The summed E-state index contributed by atoms with van der Waals surface area (Å²) in [4.78, 5) is 14.0. The number of carbonyl (C=O) groups excluding carboxylic acids is 1. The molecular weight excluding hydrogens is 200 g/mol. The van der Waals surface area contributed by atoms with Gasteiger partial charge in [0.15, 0.2) is 0 Å². The predicted octanol–water partition coefficient (Wildman–Crippen LogP) is 3.09. The Kier molecular flexibility index (Phi) is 3.13. The molecule has 1 N–H and O–H groups in total. The molecule has 1 aliphatic heterocycles. The van der Waals surface area contributed by atoms with Gasteiger partial charge in [0.05, 0.1) is 0 Å². The summed E-state index contributed by atoms with van der Waals surface area (Å²) in [7, 11) is 0. The van der Waals surface area contributed by atoms with Gasteiger partial charge in [-0.05, 0) is 38.8 Å². The van der Waals surface area contributed by atoms with Crippen molar-refractivity contribution in [3.63, 3.8) is 0 Å². The molecule has 0 aliphatic carbocycles. The van der Waals surface area contributed by atoms with Gasteiger partial charge in [0.25, 0.3) is 0 Å². The van der Waals surface area contributed by atoms with Crippen molar-refractivity contribution in [2.24, 2.45) is 0 Å². The molecule has 0 aromatic heterocycles. The van der Waals surface area contributed by atoms with E-state index < -0.39 is 0 Å². The average Bonchev–Trinajstić information content (AvgIpc) is 2.60. The van der Waals surface area contributed by atoms with Gasteiger partial charge in [-0.3, -0.25) is 0 Å². The molecule has 0 radical (unpaired) electrons. The summed E-state index contributed by atoms with van der Waals surface area (Å²) in [6.45, 7) is 4.21. The van der Waals surface area contributed by atoms with E-state index in [9.17, 15) is 4.79 Å². The SMILES string of the molecule is C[C@@H]1CC[C@H](C)N1C(=O)Nc1ccccc1. The standard InChI is InChI=1S/C13H18N2O/c1-10-8-9-11(2)15(10)13(16)14-12-6-4-3-5-7-12/h3-7,10-11H,8-9H2,1-2H3,(H,14,16)/t10-,11+. The maximum Gasteiger partial charge on any atom is 0.322 e. The predicted molar refractivity (Wildman–Crippen MR) is 65.5 cm³/mol. The van der Waals surface area contributed by atoms with Crippen LogP contribution in [0.4, 0.5) is 10.5 Å². The summed E-state index contributed by atoms with van der Waals surface area (Å²) < 4.78 is 0. The lowest BCUT2D eigenvalue weighted by molar-refractivity contribution is 0.194. The highest BCUT2D eigenvalue weighted by atomic mass is 16.2. The van der Waals surface area contributed by atoms with Gasteiger partial charge < -0.3 is 10.2 Å². The topological polar surface area (TPSA) is 32.3 Å². The third kappa shape index (κ3) is 2.18. The molecule has 0 bridgehead atoms. The van der Waals surface area contributed by atoms with Gasteiger partial charge >= 0.3 is 6.03 Å². The van der Waals surface area contributed by atoms with Gasteiger partial charge in [-0.2, -0.15) is 0 Å². The van der Waals surface area contributed by atoms with Crippen molar-refractivity contribution in [2.45, 2.75) is 38.8 Å². The smallest absolute Gasteiger partial charge is 0.319 e. The number of nitrogens with zero attached hydrogens (tertiary/aromatic N) is 1. The molecule has 0 spiro atoms. The van der Waals surface area contributed by atoms with Crippen molar-refractivity contribution in [3.05, 3.63) is 30.3 Å². The van der Waals surface area contributed by atoms with Crippen LogP contribution in [0, 0.1) is 0 Å². The van der Waals surface area contributed by atoms with E-state index in [-0.39, 0.29) is 6.03 Å². The zero-order valence-electron chi connectivity index (χ0n) is 9.81. The van der Waals surface area contributed by atoms with Crippen molar-refractivity contribution in [3.8, 4) is 0 Å². The zero-order chi connectivity index (χ0) is 11.5. The second-order valence-corrected chi connectivity index (χ2v) is 4.48. The number of benzene rings is 1. The first-order chi connectivity index (χ1) is 7.68. The van der Waals surface area contributed by atoms with E-state index in [1.807, 2.05) is 35.2 Å². The van der Waals surface area contributed by atoms with Gasteiger partial charge in [0.1, 0.15) is 0 Å². The average molecular weight is 218 g/mol. The molecule has 0 saturated carbocycles. The summed E-state index contributed by atoms with van der Waals surface area (Å²) >= 11 is 0. The Morgan fingerprint density at radius 1 is 1.19 bits per heavy atom. The molecule has 1 aromatic carbocycles. The summed E-state index contributed by atoms with van der Waals surface area (Å²) in [6.07, 6.45) is 2.20. The lowest BCUT2D eigenvalue weighted by Crippen LogP contribution is -2.41. The number of para-hydroxylation sites is 1. The molecule has 1 aliphatic rings. The minimum atomic E-state index is 0.0173. The van der Waals surface area contributed by atoms with E-state index in [0.29, 0.717) is 12.1 Å². The van der Waals surface area contributed by atoms with Gasteiger partial charge in [0.2, 0.25) is 0 Å². The highest BCUT2D eigenvalue weighted by Gasteiger charge is 2.31. The van der Waals surface area contributed by atoms with Gasteiger partial charge in [0, 0.05) is 17.8 Å². The second-order valence-electron chi connectivity index (χ2n) is 4.48. The number of rotatable bonds is 1. The highest BCUT2D eigenvalue weighted by molar-refractivity contribution is 5.89. The maximum absolute atomic E-state index is 12.1. The molecule has 16 heavy (non-hydrogen) atoms. The molecular formula is C13H18N2O. The fourth-order valence-electron chi connectivity index (χ4n) is 2.30. The Hall–Kier alpha value is -1.51. The van der Waals surface area contributed by atoms with Crippen molar-refractivity contribution < 1.29 is 4.79 Å². The third-order valence-electron chi connectivity index (χ3n) is 3.21. The summed E-state index contributed by atoms with van der Waals surface area (Å²) in [5.41, 5.74) is 0.860. The molecule has 1 fully saturated rings. The molecule has 2 amide bonds. The highest BCUT2D eigenvalue weighted by Crippen LogP contribution is 2.24. The molecule has 86 valence electrons. The number of hydrogen-bond acceptors (Lipinski definition) is 1. The van der Waals surface area contributed by atoms with Crippen LogP contribution < -0.4 is 5.32 Å². The van der Waals surface area contributed by atoms with Gasteiger partial charge in [-0.1, -0.05) is 18.2 Å². The number of nitrogens with one attached hydrogen (secondary N) is 1. The molecule has 0 unspecified atom stereocenters. The first kappa shape index (κ1) is 11.0. The van der Waals surface area contributed by atoms with Crippen LogP contribution >= 0.6 is 0 Å². The second kappa shape index (κ2) is 4.56. The molecule has 1 saturated heterocycles. The van der Waals surface area contributed by atoms with Crippen molar-refractivity contribution in [1.29, 1.82) is 0 Å². The number of anilines is 1. The fraction of sp³-hybridized carbons (Fsp3) is 0.462. The van der Waals surface area contributed by atoms with E-state index >= 15 is 0 Å². The molecule has 1 aromatic rings. The van der Waals surface area contributed by atoms with Crippen LogP contribution in [0.1, 0.15) is 26.7 Å². The van der Waals surface area contributed by atoms with Crippen LogP contribution in [0.25, 0.3) is 0 Å². The third-order valence-corrected chi connectivity index (χ3v) is 3.21. The van der Waals surface area contributed by atoms with Crippen LogP contribution in [0.2, 0.25) is 0 Å². The Morgan fingerprint density at radius 3 is 2.31 bits per heavy atom. The molecule has 3 heteroatoms. The summed E-state index contributed by atoms with van der Waals surface area (Å²) in [5.74, 6) is 0. The molecule has 2 atom stereocenters. The summed E-state index contributed by atoms with van der Waals surface area (Å²) in [6, 6.07) is 10.3. The minimum Gasteiger partial charge on any atom is -0.319 e. The largest absolute Gasteiger partial charge is 0.322 e. The molecule has 3 nitrogen and oxygen atoms in total. The minimum absolute atomic E-state index is 0.0173. The number of hydrogen-bond donors (Lipinski definition) is 1. The number of amides is 2. The number of urea groups is 1. The van der Waals surface area contributed by atoms with E-state index in [4.69, 9.17) is 0 Å². The summed E-state index contributed by atoms with van der Waals surface area (Å²) in [5, 5.41) is 2.93. The number of likely N-dealkylation sites (tertiary alicyclic amines) is 1. The lowest BCUT2D eigenvalue weighted by atomic mass is 10.2. The van der Waals surface area contributed by atoms with E-state index in [1.54, 1.807) is 0 Å². The van der Waals surface area contributed by atoms with E-state index in [1.165, 1.54) is 0 Å². The van der Waals surface area contributed by atoms with Crippen molar-refractivity contribution in [1.82, 2.24) is 4.90 Å². The quantitative estimate of drug-likeness (QED) is 0.771. The monoisotopic (exact) mass is 218 g/mol. The van der Waals surface area contributed by atoms with Crippen LogP contribution in [0.15, 0.2) is 30.3 Å². The Bertz CT molecular complexity index is 353. The molecule has 1 heterocycles. The van der Waals surface area contributed by atoms with Gasteiger partial charge in [-0.25, -0.2) is 4.79 Å². The Morgan fingerprint density at radius 2 is 1.75 bits per heavy atom. The van der Waals surface area contributed by atoms with Crippen LogP contribution in [-0.2, 0) is 0 Å². The fourth-order valence-corrected chi connectivity index (χ4v) is 2.30.